The largest absolute Gasteiger partial charge is 0.468 e. The Kier molecular flexibility index (Phi) is 9.49. The minimum absolute atomic E-state index is 0.0259. The van der Waals surface area contributed by atoms with Crippen LogP contribution in [0.3, 0.4) is 0 Å². The second-order valence-electron chi connectivity index (χ2n) is 7.05. The van der Waals surface area contributed by atoms with Crippen molar-refractivity contribution in [3.63, 3.8) is 0 Å². The third-order valence-corrected chi connectivity index (χ3v) is 7.43. The van der Waals surface area contributed by atoms with Gasteiger partial charge in [-0.25, -0.2) is 14.9 Å². The Morgan fingerprint density at radius 2 is 1.72 bits per heavy atom. The lowest BCUT2D eigenvalue weighted by Gasteiger charge is -2.40. The highest BCUT2D eigenvalue weighted by molar-refractivity contribution is 7.59. The smallest absolute Gasteiger partial charge is 0.332 e. The standard InChI is InChI=1S/C19H31N4O5P/c1-13(2)23(14(3)4)29(26,28-12-16-10-8-7-9-11-16)17(18(24)27-6)15(5)21-22-19(20)25/h7-11,13-14,17H,12H2,1-6H3,(H3,20,22,25)/b21-15+. The summed E-state index contributed by atoms with van der Waals surface area (Å²) in [5.41, 5.74) is 6.66. The lowest BCUT2D eigenvalue weighted by atomic mass is 10.2. The van der Waals surface area contributed by atoms with Crippen molar-refractivity contribution in [3.05, 3.63) is 35.9 Å². The summed E-state index contributed by atoms with van der Waals surface area (Å²) < 4.78 is 26.9. The van der Waals surface area contributed by atoms with Crippen molar-refractivity contribution in [1.82, 2.24) is 10.1 Å². The maximum atomic E-state index is 14.3. The first-order valence-electron chi connectivity index (χ1n) is 9.29. The molecule has 162 valence electrons. The molecule has 0 saturated heterocycles. The molecule has 2 unspecified atom stereocenters. The Bertz CT molecular complexity index is 759. The van der Waals surface area contributed by atoms with E-state index in [0.717, 1.165) is 5.56 Å². The van der Waals surface area contributed by atoms with Crippen molar-refractivity contribution in [2.45, 2.75) is 59.0 Å². The van der Waals surface area contributed by atoms with E-state index in [4.69, 9.17) is 15.0 Å². The summed E-state index contributed by atoms with van der Waals surface area (Å²) in [6.07, 6.45) is 0. The maximum Gasteiger partial charge on any atom is 0.332 e. The number of hydrogen-bond acceptors (Lipinski definition) is 6. The van der Waals surface area contributed by atoms with Gasteiger partial charge in [0.05, 0.1) is 19.4 Å². The molecule has 1 aromatic rings. The number of urea groups is 1. The molecule has 0 heterocycles. The topological polar surface area (TPSA) is 123 Å². The molecule has 0 aliphatic carbocycles. The lowest BCUT2D eigenvalue weighted by Crippen LogP contribution is -2.44. The van der Waals surface area contributed by atoms with Gasteiger partial charge < -0.3 is 15.0 Å². The second kappa shape index (κ2) is 11.1. The maximum absolute atomic E-state index is 14.3. The summed E-state index contributed by atoms with van der Waals surface area (Å²) in [6.45, 7) is 8.94. The number of nitrogens with two attached hydrogens (primary N) is 1. The number of carbonyl (C=O) groups is 2. The molecule has 0 aliphatic rings. The molecule has 0 bridgehead atoms. The number of rotatable bonds is 10. The number of nitrogens with zero attached hydrogens (tertiary/aromatic N) is 2. The van der Waals surface area contributed by atoms with Crippen molar-refractivity contribution in [1.29, 1.82) is 0 Å². The molecule has 0 spiro atoms. The third kappa shape index (κ3) is 6.66. The van der Waals surface area contributed by atoms with Crippen molar-refractivity contribution in [2.75, 3.05) is 7.11 Å². The Morgan fingerprint density at radius 1 is 1.17 bits per heavy atom. The third-order valence-electron chi connectivity index (χ3n) is 4.13. The number of esters is 1. The van der Waals surface area contributed by atoms with E-state index in [1.165, 1.54) is 14.0 Å². The summed E-state index contributed by atoms with van der Waals surface area (Å²) in [6, 6.07) is 7.89. The summed E-state index contributed by atoms with van der Waals surface area (Å²) >= 11 is 0. The Morgan fingerprint density at radius 3 is 2.17 bits per heavy atom. The van der Waals surface area contributed by atoms with Crippen LogP contribution in [0.25, 0.3) is 0 Å². The van der Waals surface area contributed by atoms with Crippen molar-refractivity contribution in [2.24, 2.45) is 10.8 Å². The number of benzene rings is 1. The van der Waals surface area contributed by atoms with Crippen LogP contribution in [0.4, 0.5) is 4.79 Å². The molecular weight excluding hydrogens is 395 g/mol. The second-order valence-corrected chi connectivity index (χ2v) is 9.41. The summed E-state index contributed by atoms with van der Waals surface area (Å²) in [5, 5.41) is 3.83. The molecule has 1 aromatic carbocycles. The van der Waals surface area contributed by atoms with E-state index in [1.54, 1.807) is 4.67 Å². The van der Waals surface area contributed by atoms with Crippen LogP contribution in [0.5, 0.6) is 0 Å². The van der Waals surface area contributed by atoms with Gasteiger partial charge in [-0.1, -0.05) is 30.3 Å². The van der Waals surface area contributed by atoms with Gasteiger partial charge in [-0.3, -0.25) is 9.36 Å². The summed E-state index contributed by atoms with van der Waals surface area (Å²) in [4.78, 5) is 23.7. The summed E-state index contributed by atoms with van der Waals surface area (Å²) in [5.74, 6) is -0.778. The normalized spacial score (nSPS) is 15.3. The Labute approximate surface area is 172 Å². The quantitative estimate of drug-likeness (QED) is 0.256. The van der Waals surface area contributed by atoms with E-state index in [2.05, 4.69) is 10.5 Å². The number of amides is 2. The SMILES string of the molecule is COC(=O)C(/C(C)=N/NC(N)=O)P(=O)(OCc1ccccc1)N(C(C)C)C(C)C. The Hall–Kier alpha value is -2.22. The fraction of sp³-hybridized carbons (Fsp3) is 0.526. The molecule has 0 aromatic heterocycles. The molecule has 0 fully saturated rings. The van der Waals surface area contributed by atoms with E-state index < -0.39 is 25.2 Å². The van der Waals surface area contributed by atoms with Gasteiger partial charge in [0.15, 0.2) is 5.66 Å². The first-order valence-corrected chi connectivity index (χ1v) is 10.9. The number of primary amides is 1. The van der Waals surface area contributed by atoms with Gasteiger partial charge >= 0.3 is 12.0 Å². The lowest BCUT2D eigenvalue weighted by molar-refractivity contribution is -0.139. The minimum atomic E-state index is -3.87. The van der Waals surface area contributed by atoms with Gasteiger partial charge in [0.2, 0.25) is 0 Å². The van der Waals surface area contributed by atoms with E-state index in [-0.39, 0.29) is 24.4 Å². The fourth-order valence-electron chi connectivity index (χ4n) is 3.11. The number of ether oxygens (including phenoxy) is 1. The van der Waals surface area contributed by atoms with E-state index >= 15 is 0 Å². The van der Waals surface area contributed by atoms with Gasteiger partial charge in [0, 0.05) is 12.1 Å². The molecule has 0 radical (unpaired) electrons. The number of hydrogen-bond donors (Lipinski definition) is 2. The molecule has 9 nitrogen and oxygen atoms in total. The number of hydrazone groups is 1. The average Bonchev–Trinajstić information content (AvgIpc) is 2.65. The van der Waals surface area contributed by atoms with Crippen LogP contribution in [0.2, 0.25) is 0 Å². The van der Waals surface area contributed by atoms with Gasteiger partial charge in [0.25, 0.3) is 7.52 Å². The molecule has 2 atom stereocenters. The first kappa shape index (κ1) is 24.8. The molecular formula is C19H31N4O5P. The van der Waals surface area contributed by atoms with E-state index in [1.807, 2.05) is 58.0 Å². The highest BCUT2D eigenvalue weighted by Gasteiger charge is 2.49. The zero-order valence-electron chi connectivity index (χ0n) is 17.8. The molecule has 29 heavy (non-hydrogen) atoms. The van der Waals surface area contributed by atoms with Crippen molar-refractivity contribution in [3.8, 4) is 0 Å². The highest BCUT2D eigenvalue weighted by Crippen LogP contribution is 2.58. The monoisotopic (exact) mass is 426 g/mol. The molecule has 0 saturated carbocycles. The number of methoxy groups -OCH3 is 1. The van der Waals surface area contributed by atoms with Gasteiger partial charge in [-0.2, -0.15) is 5.10 Å². The van der Waals surface area contributed by atoms with Crippen LogP contribution in [-0.2, 0) is 25.2 Å². The predicted molar refractivity (Wildman–Crippen MR) is 113 cm³/mol. The molecule has 10 heteroatoms. The zero-order chi connectivity index (χ0) is 22.2. The van der Waals surface area contributed by atoms with Crippen LogP contribution in [0.1, 0.15) is 40.2 Å². The molecule has 3 N–H and O–H groups in total. The molecule has 2 amide bonds. The number of nitrogens with one attached hydrogen (secondary N) is 1. The van der Waals surface area contributed by atoms with Crippen LogP contribution in [0, 0.1) is 0 Å². The zero-order valence-corrected chi connectivity index (χ0v) is 18.7. The van der Waals surface area contributed by atoms with Crippen molar-refractivity contribution >= 4 is 25.2 Å². The predicted octanol–water partition coefficient (Wildman–Crippen LogP) is 3.10. The first-order chi connectivity index (χ1) is 13.5. The Balaban J connectivity index is 3.50. The summed E-state index contributed by atoms with van der Waals surface area (Å²) in [7, 11) is -2.68. The molecule has 1 rings (SSSR count). The van der Waals surface area contributed by atoms with E-state index in [9.17, 15) is 14.2 Å². The van der Waals surface area contributed by atoms with Crippen molar-refractivity contribution < 1.29 is 23.4 Å². The van der Waals surface area contributed by atoms with Gasteiger partial charge in [0.1, 0.15) is 0 Å². The van der Waals surface area contributed by atoms with E-state index in [0.29, 0.717) is 0 Å². The highest BCUT2D eigenvalue weighted by atomic mass is 31.2. The van der Waals surface area contributed by atoms with Crippen LogP contribution in [0.15, 0.2) is 35.4 Å². The minimum Gasteiger partial charge on any atom is -0.468 e. The average molecular weight is 426 g/mol. The van der Waals surface area contributed by atoms with Crippen LogP contribution < -0.4 is 11.2 Å². The number of carbonyl (C=O) groups excluding carboxylic acids is 2. The molecule has 0 aliphatic heterocycles. The van der Waals surface area contributed by atoms with Gasteiger partial charge in [-0.15, -0.1) is 0 Å². The van der Waals surface area contributed by atoms with Crippen LogP contribution in [-0.4, -0.2) is 47.2 Å². The van der Waals surface area contributed by atoms with Crippen LogP contribution >= 0.6 is 7.52 Å². The fourth-order valence-corrected chi connectivity index (χ4v) is 6.18. The van der Waals surface area contributed by atoms with Gasteiger partial charge in [-0.05, 0) is 40.2 Å².